The van der Waals surface area contributed by atoms with Crippen molar-refractivity contribution in [2.75, 3.05) is 0 Å². The van der Waals surface area contributed by atoms with Crippen molar-refractivity contribution in [3.63, 3.8) is 0 Å². The van der Waals surface area contributed by atoms with Crippen molar-refractivity contribution in [3.8, 4) is 22.3 Å². The maximum Gasteiger partial charge on any atom is 0.136 e. The van der Waals surface area contributed by atoms with E-state index in [9.17, 15) is 0 Å². The van der Waals surface area contributed by atoms with Crippen molar-refractivity contribution in [3.05, 3.63) is 435 Å². The highest BCUT2D eigenvalue weighted by Crippen LogP contribution is 2.47. The molecule has 20 aromatic carbocycles. The topological polar surface area (TPSA) is 13.1 Å². The van der Waals surface area contributed by atoms with Gasteiger partial charge in [0.1, 0.15) is 11.2 Å². The first-order valence-electron chi connectivity index (χ1n) is 48.1. The Kier molecular flexibility index (Phi) is 31.6. The largest absolute Gasteiger partial charge is 0.456 e. The normalized spacial score (nSPS) is 11.0. The summed E-state index contributed by atoms with van der Waals surface area (Å²) in [4.78, 5) is 0. The van der Waals surface area contributed by atoms with Gasteiger partial charge < -0.3 is 4.42 Å². The van der Waals surface area contributed by atoms with E-state index in [1.165, 1.54) is 219 Å². The summed E-state index contributed by atoms with van der Waals surface area (Å²) in [5, 5.41) is 29.8. The number of hydrogen-bond acceptors (Lipinski definition) is 7. The van der Waals surface area contributed by atoms with Gasteiger partial charge in [-0.2, -0.15) is 0 Å². The first-order valence-corrected chi connectivity index (χ1v) is 52.9. The van der Waals surface area contributed by atoms with Gasteiger partial charge in [0.2, 0.25) is 0 Å². The van der Waals surface area contributed by atoms with E-state index in [1.54, 1.807) is 0 Å². The number of thiophene rings is 6. The Bertz CT molecular complexity index is 8450. The molecule has 0 radical (unpaired) electrons. The summed E-state index contributed by atoms with van der Waals surface area (Å²) >= 11 is 11.3. The minimum absolute atomic E-state index is 0.972. The SMILES string of the molecule is CC.CC.CC.CC.CC.CC.CC.c1ccc2c(c1)Cc1cc3c(cc1-2)oc1ccccc13.c1ccc2c(c1)Cc1cc3sc4ccccc4c3cc1-2.c1ccc2c(c1)ccc1c3ccccc3sc21.c1ccc2c(c1)ccc1sc3ccccc3c12.c1ccc2c(c1)ccc1sc3ccccc3c12.c1ccc2c(c1)sc1ccccc12.c1ccc2cc3c(cc2c1)sc1ccccc13. The van der Waals surface area contributed by atoms with Crippen molar-refractivity contribution in [1.82, 2.24) is 0 Å². The summed E-state index contributed by atoms with van der Waals surface area (Å²) in [6, 6.07) is 148. The van der Waals surface area contributed by atoms with Crippen LogP contribution < -0.4 is 0 Å². The Morgan fingerprint density at radius 1 is 0.156 bits per heavy atom. The molecule has 2 aliphatic carbocycles. The van der Waals surface area contributed by atoms with Crippen molar-refractivity contribution < 1.29 is 4.42 Å². The molecule has 27 aromatic rings. The standard InChI is InChI=1S/C19H12O.C19H12S.4C16H10S.C12H8S.7C2H6/c1-2-6-14-12(5-1)9-13-10-17-15-7-3-4-8-18(15)20-19(17)11-16(13)14;1-2-6-14-12(5-1)9-13-10-19-17(11-16(13)14)15-7-3-4-8-18(15)20-19;1-2-6-12-10-16-14(9-11(12)5-1)13-7-3-4-8-15(13)17-16;1-2-6-12-11(5-1)9-10-14-13-7-3-4-8-15(13)17-16(12)14;2*1-2-6-12-11(5-1)9-10-15-16(12)13-7-3-4-8-14(13)17-15;1-3-7-11-9(5-1)10-6-2-4-8-12(10)13-11;7*1-2/h2*1-8,10-11H,9H2;4*1-10H;1-8H;7*1-2H3. The molecule has 2 aliphatic rings. The molecular formula is C128H114OS6. The lowest BCUT2D eigenvalue weighted by molar-refractivity contribution is 0.669. The summed E-state index contributed by atoms with van der Waals surface area (Å²) in [7, 11) is 0. The first kappa shape index (κ1) is 94.7. The summed E-state index contributed by atoms with van der Waals surface area (Å²) in [6.07, 6.45) is 2.11. The van der Waals surface area contributed by atoms with Crippen molar-refractivity contribution >= 4 is 254 Å². The molecule has 7 heterocycles. The van der Waals surface area contributed by atoms with Crippen LogP contribution in [0.4, 0.5) is 0 Å². The molecule has 7 aromatic heterocycles. The summed E-state index contributed by atoms with van der Waals surface area (Å²) in [6.45, 7) is 28.0. The lowest BCUT2D eigenvalue weighted by atomic mass is 10.0. The lowest BCUT2D eigenvalue weighted by Crippen LogP contribution is -1.79. The quantitative estimate of drug-likeness (QED) is 0.147. The molecule has 0 spiro atoms. The number of furan rings is 1. The number of para-hydroxylation sites is 1. The Hall–Kier alpha value is -13.4. The zero-order valence-electron chi connectivity index (χ0n) is 79.5. The molecule has 29 rings (SSSR count). The van der Waals surface area contributed by atoms with Crippen LogP contribution in [0.1, 0.15) is 119 Å². The Balaban J connectivity index is 0.000000112. The van der Waals surface area contributed by atoms with E-state index in [4.69, 9.17) is 4.42 Å². The van der Waals surface area contributed by atoms with Crippen LogP contribution in [0.25, 0.3) is 208 Å². The monoisotopic (exact) mass is 1860 g/mol. The molecule has 135 heavy (non-hydrogen) atoms. The van der Waals surface area contributed by atoms with Gasteiger partial charge in [0.15, 0.2) is 0 Å². The molecule has 0 unspecified atom stereocenters. The highest BCUT2D eigenvalue weighted by atomic mass is 32.1. The average molecular weight is 1860 g/mol. The van der Waals surface area contributed by atoms with Crippen LogP contribution in [0.3, 0.4) is 0 Å². The van der Waals surface area contributed by atoms with Crippen LogP contribution in [0.2, 0.25) is 0 Å². The van der Waals surface area contributed by atoms with Gasteiger partial charge in [0.25, 0.3) is 0 Å². The summed E-state index contributed by atoms with van der Waals surface area (Å²) in [5.41, 5.74) is 13.2. The van der Waals surface area contributed by atoms with Gasteiger partial charge in [-0.15, -0.1) is 68.0 Å². The van der Waals surface area contributed by atoms with Crippen LogP contribution in [-0.2, 0) is 12.8 Å². The third-order valence-corrected chi connectivity index (χ3v) is 30.8. The number of rotatable bonds is 0. The molecule has 0 N–H and O–H groups in total. The maximum atomic E-state index is 5.99. The van der Waals surface area contributed by atoms with Crippen LogP contribution in [0.5, 0.6) is 0 Å². The maximum absolute atomic E-state index is 5.99. The number of fused-ring (bicyclic) bond motifs is 34. The molecule has 0 aliphatic heterocycles. The number of hydrogen-bond donors (Lipinski definition) is 0. The third kappa shape index (κ3) is 19.4. The zero-order valence-corrected chi connectivity index (χ0v) is 84.4. The minimum Gasteiger partial charge on any atom is -0.456 e. The fourth-order valence-corrected chi connectivity index (χ4v) is 25.1. The number of benzene rings is 20. The van der Waals surface area contributed by atoms with Gasteiger partial charge in [-0.3, -0.25) is 0 Å². The van der Waals surface area contributed by atoms with Crippen LogP contribution >= 0.6 is 68.0 Å². The second kappa shape index (κ2) is 45.1. The van der Waals surface area contributed by atoms with Crippen molar-refractivity contribution in [2.45, 2.75) is 110 Å². The smallest absolute Gasteiger partial charge is 0.136 e. The fraction of sp³-hybridized carbons (Fsp3) is 0.125. The second-order valence-corrected chi connectivity index (χ2v) is 37.5. The average Bonchev–Trinajstić information content (AvgIpc) is 1.58. The molecule has 0 amide bonds. The van der Waals surface area contributed by atoms with E-state index in [0.29, 0.717) is 0 Å². The molecule has 1 nitrogen and oxygen atoms in total. The van der Waals surface area contributed by atoms with Crippen LogP contribution in [0, 0.1) is 0 Å². The van der Waals surface area contributed by atoms with Gasteiger partial charge >= 0.3 is 0 Å². The Morgan fingerprint density at radius 2 is 0.459 bits per heavy atom. The van der Waals surface area contributed by atoms with E-state index in [0.717, 1.165) is 24.0 Å². The highest BCUT2D eigenvalue weighted by molar-refractivity contribution is 7.28. The predicted octanol–water partition coefficient (Wildman–Crippen LogP) is 42.9. The minimum atomic E-state index is 0.972. The van der Waals surface area contributed by atoms with E-state index >= 15 is 0 Å². The molecule has 0 saturated carbocycles. The van der Waals surface area contributed by atoms with E-state index in [-0.39, 0.29) is 0 Å². The molecule has 0 fully saturated rings. The van der Waals surface area contributed by atoms with E-state index in [2.05, 4.69) is 400 Å². The third-order valence-electron chi connectivity index (χ3n) is 23.9. The second-order valence-electron chi connectivity index (χ2n) is 31.0. The molecular weight excluding hydrogens is 1750 g/mol. The van der Waals surface area contributed by atoms with Crippen molar-refractivity contribution in [2.24, 2.45) is 0 Å². The zero-order chi connectivity index (χ0) is 93.9. The fourth-order valence-electron chi connectivity index (χ4n) is 18.2. The molecule has 0 atom stereocenters. The van der Waals surface area contributed by atoms with Gasteiger partial charge in [-0.25, -0.2) is 0 Å². The van der Waals surface area contributed by atoms with E-state index in [1.807, 2.05) is 177 Å². The van der Waals surface area contributed by atoms with Crippen LogP contribution in [0.15, 0.2) is 417 Å². The molecule has 0 saturated heterocycles. The molecule has 668 valence electrons. The predicted molar refractivity (Wildman–Crippen MR) is 616 cm³/mol. The first-order chi connectivity index (χ1) is 67.0. The van der Waals surface area contributed by atoms with Gasteiger partial charge in [-0.05, 0) is 198 Å². The molecule has 0 bridgehead atoms. The summed E-state index contributed by atoms with van der Waals surface area (Å²) < 4.78 is 22.6. The Morgan fingerprint density at radius 3 is 0.933 bits per heavy atom. The molecule has 7 heteroatoms. The van der Waals surface area contributed by atoms with Gasteiger partial charge in [-0.1, -0.05) is 412 Å². The van der Waals surface area contributed by atoms with Gasteiger partial charge in [0, 0.05) is 132 Å². The van der Waals surface area contributed by atoms with Gasteiger partial charge in [0.05, 0.1) is 0 Å². The van der Waals surface area contributed by atoms with E-state index < -0.39 is 0 Å². The Labute approximate surface area is 818 Å². The van der Waals surface area contributed by atoms with Crippen molar-refractivity contribution in [1.29, 1.82) is 0 Å². The summed E-state index contributed by atoms with van der Waals surface area (Å²) in [5.74, 6) is 0. The lowest BCUT2D eigenvalue weighted by Gasteiger charge is -2.01. The van der Waals surface area contributed by atoms with Crippen LogP contribution in [-0.4, -0.2) is 0 Å². The highest BCUT2D eigenvalue weighted by Gasteiger charge is 2.23.